The van der Waals surface area contributed by atoms with Gasteiger partial charge in [-0.3, -0.25) is 14.1 Å². The summed E-state index contributed by atoms with van der Waals surface area (Å²) >= 11 is 0. The number of rotatable bonds is 4. The van der Waals surface area contributed by atoms with Crippen molar-refractivity contribution in [3.05, 3.63) is 53.7 Å². The van der Waals surface area contributed by atoms with Crippen LogP contribution in [-0.4, -0.2) is 20.8 Å². The van der Waals surface area contributed by atoms with E-state index in [1.807, 2.05) is 11.0 Å². The van der Waals surface area contributed by atoms with Crippen LogP contribution in [0.1, 0.15) is 59.1 Å². The summed E-state index contributed by atoms with van der Waals surface area (Å²) in [5, 5.41) is 0. The Kier molecular flexibility index (Phi) is 5.33. The van der Waals surface area contributed by atoms with Crippen LogP contribution < -0.4 is 4.90 Å². The largest absolute Gasteiger partial charge is 0.291 e. The number of benzene rings is 1. The number of hydrogen-bond donors (Lipinski definition) is 0. The Labute approximate surface area is 174 Å². The third-order valence-electron chi connectivity index (χ3n) is 5.16. The summed E-state index contributed by atoms with van der Waals surface area (Å²) in [7, 11) is 0. The molecule has 0 radical (unpaired) electrons. The zero-order chi connectivity index (χ0) is 21.6. The second-order valence-electron chi connectivity index (χ2n) is 9.99. The van der Waals surface area contributed by atoms with Gasteiger partial charge in [-0.1, -0.05) is 56.7 Å². The van der Waals surface area contributed by atoms with Gasteiger partial charge in [0.1, 0.15) is 17.2 Å². The van der Waals surface area contributed by atoms with Gasteiger partial charge >= 0.3 is 0 Å². The first-order valence-corrected chi connectivity index (χ1v) is 10.3. The van der Waals surface area contributed by atoms with Crippen LogP contribution in [0.3, 0.4) is 0 Å². The van der Waals surface area contributed by atoms with E-state index in [0.717, 1.165) is 34.7 Å². The van der Waals surface area contributed by atoms with Gasteiger partial charge in [-0.2, -0.15) is 0 Å². The first kappa shape index (κ1) is 21.1. The molecule has 3 rings (SSSR count). The number of carbonyl (C=O) groups excluding carboxylic acids is 1. The molecule has 3 aromatic rings. The zero-order valence-electron chi connectivity index (χ0n) is 19.0. The van der Waals surface area contributed by atoms with Crippen LogP contribution in [0, 0.1) is 19.3 Å². The van der Waals surface area contributed by atoms with Crippen LogP contribution in [0.2, 0.25) is 0 Å². The number of pyridine rings is 1. The van der Waals surface area contributed by atoms with Crippen molar-refractivity contribution in [3.63, 3.8) is 0 Å². The molecular formula is C25H33N3O. The molecule has 0 N–H and O–H groups in total. The standard InChI is InChI=1S/C25H33N3O/c1-17-9-12-20(13-10-17)22-23(27-15-18(2)11-14-21(27)26-22)28(19(3)29)25(7,8)16-24(4,5)6/h9-15H,16H2,1-8H3. The number of hydrogen-bond acceptors (Lipinski definition) is 2. The summed E-state index contributed by atoms with van der Waals surface area (Å²) in [6, 6.07) is 12.4. The number of carbonyl (C=O) groups is 1. The average Bonchev–Trinajstić information content (AvgIpc) is 2.91. The van der Waals surface area contributed by atoms with Crippen LogP contribution >= 0.6 is 0 Å². The maximum absolute atomic E-state index is 13.0. The van der Waals surface area contributed by atoms with E-state index in [9.17, 15) is 4.79 Å². The van der Waals surface area contributed by atoms with Gasteiger partial charge in [0.2, 0.25) is 5.91 Å². The van der Waals surface area contributed by atoms with Gasteiger partial charge in [-0.05, 0) is 51.2 Å². The Bertz CT molecular complexity index is 1040. The van der Waals surface area contributed by atoms with Crippen LogP contribution in [0.25, 0.3) is 16.9 Å². The lowest BCUT2D eigenvalue weighted by Crippen LogP contribution is -2.50. The molecule has 4 heteroatoms. The summed E-state index contributed by atoms with van der Waals surface area (Å²) in [6.07, 6.45) is 2.93. The molecule has 29 heavy (non-hydrogen) atoms. The lowest BCUT2D eigenvalue weighted by atomic mass is 9.80. The molecule has 154 valence electrons. The van der Waals surface area contributed by atoms with E-state index in [1.54, 1.807) is 6.92 Å². The number of fused-ring (bicyclic) bond motifs is 1. The fourth-order valence-corrected chi connectivity index (χ4v) is 4.50. The minimum Gasteiger partial charge on any atom is -0.291 e. The number of nitrogens with zero attached hydrogens (tertiary/aromatic N) is 3. The molecule has 0 atom stereocenters. The van der Waals surface area contributed by atoms with Crippen molar-refractivity contribution in [1.29, 1.82) is 0 Å². The van der Waals surface area contributed by atoms with E-state index >= 15 is 0 Å². The molecule has 0 saturated carbocycles. The molecule has 4 nitrogen and oxygen atoms in total. The van der Waals surface area contributed by atoms with Crippen molar-refractivity contribution in [1.82, 2.24) is 9.38 Å². The summed E-state index contributed by atoms with van der Waals surface area (Å²) in [4.78, 5) is 19.9. The van der Waals surface area contributed by atoms with Crippen molar-refractivity contribution in [2.75, 3.05) is 4.90 Å². The fraction of sp³-hybridized carbons (Fsp3) is 0.440. The minimum atomic E-state index is -0.372. The highest BCUT2D eigenvalue weighted by molar-refractivity contribution is 5.96. The zero-order valence-corrected chi connectivity index (χ0v) is 19.0. The van der Waals surface area contributed by atoms with Gasteiger partial charge in [-0.25, -0.2) is 4.98 Å². The normalized spacial score (nSPS) is 12.4. The van der Waals surface area contributed by atoms with Gasteiger partial charge in [0, 0.05) is 24.2 Å². The van der Waals surface area contributed by atoms with E-state index in [1.165, 1.54) is 5.56 Å². The predicted molar refractivity (Wildman–Crippen MR) is 121 cm³/mol. The van der Waals surface area contributed by atoms with E-state index in [0.29, 0.717) is 0 Å². The molecule has 0 spiro atoms. The van der Waals surface area contributed by atoms with E-state index in [2.05, 4.69) is 89.4 Å². The molecule has 0 saturated heterocycles. The SMILES string of the molecule is CC(=O)N(c1c(-c2ccc(C)cc2)nc2ccc(C)cn12)C(C)(C)CC(C)(C)C. The molecular weight excluding hydrogens is 358 g/mol. The molecule has 2 aromatic heterocycles. The monoisotopic (exact) mass is 391 g/mol. The fourth-order valence-electron chi connectivity index (χ4n) is 4.50. The van der Waals surface area contributed by atoms with Gasteiger partial charge in [-0.15, -0.1) is 0 Å². The Morgan fingerprint density at radius 3 is 2.10 bits per heavy atom. The number of imidazole rings is 1. The first-order chi connectivity index (χ1) is 13.4. The third kappa shape index (κ3) is 4.36. The highest BCUT2D eigenvalue weighted by Crippen LogP contribution is 2.39. The number of anilines is 1. The molecule has 0 unspecified atom stereocenters. The Hall–Kier alpha value is -2.62. The Balaban J connectivity index is 2.31. The molecule has 0 fully saturated rings. The third-order valence-corrected chi connectivity index (χ3v) is 5.16. The highest BCUT2D eigenvalue weighted by atomic mass is 16.2. The highest BCUT2D eigenvalue weighted by Gasteiger charge is 2.37. The molecule has 0 aliphatic carbocycles. The van der Waals surface area contributed by atoms with Crippen molar-refractivity contribution < 1.29 is 4.79 Å². The molecule has 1 aromatic carbocycles. The van der Waals surface area contributed by atoms with Gasteiger partial charge in [0.05, 0.1) is 0 Å². The number of amides is 1. The number of aryl methyl sites for hydroxylation is 2. The summed E-state index contributed by atoms with van der Waals surface area (Å²) < 4.78 is 2.07. The van der Waals surface area contributed by atoms with Crippen LogP contribution in [-0.2, 0) is 4.79 Å². The molecule has 0 aliphatic heterocycles. The van der Waals surface area contributed by atoms with Crippen LogP contribution in [0.5, 0.6) is 0 Å². The van der Waals surface area contributed by atoms with Gasteiger partial charge < -0.3 is 0 Å². The van der Waals surface area contributed by atoms with Gasteiger partial charge in [0.15, 0.2) is 0 Å². The van der Waals surface area contributed by atoms with E-state index in [-0.39, 0.29) is 16.9 Å². The van der Waals surface area contributed by atoms with Crippen molar-refractivity contribution >= 4 is 17.4 Å². The topological polar surface area (TPSA) is 37.6 Å². The molecule has 0 bridgehead atoms. The maximum atomic E-state index is 13.0. The molecule has 2 heterocycles. The second kappa shape index (κ2) is 7.33. The maximum Gasteiger partial charge on any atom is 0.225 e. The number of aromatic nitrogens is 2. The van der Waals surface area contributed by atoms with Crippen molar-refractivity contribution in [3.8, 4) is 11.3 Å². The summed E-state index contributed by atoms with van der Waals surface area (Å²) in [6.45, 7) is 16.7. The average molecular weight is 392 g/mol. The van der Waals surface area contributed by atoms with E-state index in [4.69, 9.17) is 4.98 Å². The van der Waals surface area contributed by atoms with Crippen LogP contribution in [0.4, 0.5) is 5.82 Å². The minimum absolute atomic E-state index is 0.0240. The Morgan fingerprint density at radius 1 is 0.966 bits per heavy atom. The van der Waals surface area contributed by atoms with Crippen LogP contribution in [0.15, 0.2) is 42.6 Å². The smallest absolute Gasteiger partial charge is 0.225 e. The lowest BCUT2D eigenvalue weighted by molar-refractivity contribution is -0.117. The first-order valence-electron chi connectivity index (χ1n) is 10.3. The summed E-state index contributed by atoms with van der Waals surface area (Å²) in [5.41, 5.74) is 4.74. The van der Waals surface area contributed by atoms with Crippen molar-refractivity contribution in [2.24, 2.45) is 5.41 Å². The molecule has 1 amide bonds. The molecule has 0 aliphatic rings. The van der Waals surface area contributed by atoms with Crippen molar-refractivity contribution in [2.45, 2.75) is 67.3 Å². The quantitative estimate of drug-likeness (QED) is 0.532. The summed E-state index contributed by atoms with van der Waals surface area (Å²) in [5.74, 6) is 0.866. The van der Waals surface area contributed by atoms with Gasteiger partial charge in [0.25, 0.3) is 0 Å². The lowest BCUT2D eigenvalue weighted by Gasteiger charge is -2.41. The predicted octanol–water partition coefficient (Wildman–Crippen LogP) is 6.19. The Morgan fingerprint density at radius 2 is 1.55 bits per heavy atom. The second-order valence-corrected chi connectivity index (χ2v) is 9.99. The van der Waals surface area contributed by atoms with E-state index < -0.39 is 0 Å².